The maximum Gasteiger partial charge on any atom is 0.342 e. The quantitative estimate of drug-likeness (QED) is 0.343. The number of carbonyl (C=O) groups is 1. The first-order valence-electron chi connectivity index (χ1n) is 6.46. The maximum absolute atomic E-state index is 10.9. The van der Waals surface area contributed by atoms with E-state index in [0.717, 1.165) is 25.2 Å². The van der Waals surface area contributed by atoms with Crippen LogP contribution in [-0.4, -0.2) is 12.1 Å². The number of hydrogen-bond acceptors (Lipinski definition) is 3. The molecule has 0 aromatic carbocycles. The highest BCUT2D eigenvalue weighted by Crippen LogP contribution is 2.13. The van der Waals surface area contributed by atoms with Crippen molar-refractivity contribution in [3.63, 3.8) is 0 Å². The van der Waals surface area contributed by atoms with Crippen molar-refractivity contribution in [2.75, 3.05) is 0 Å². The fourth-order valence-corrected chi connectivity index (χ4v) is 1.43. The Morgan fingerprint density at radius 1 is 1.12 bits per heavy atom. The zero-order valence-corrected chi connectivity index (χ0v) is 11.1. The highest BCUT2D eigenvalue weighted by atomic mass is 17.2. The molecule has 0 N–H and O–H groups in total. The van der Waals surface area contributed by atoms with Crippen molar-refractivity contribution in [3.05, 3.63) is 0 Å². The molecule has 0 saturated carbocycles. The van der Waals surface area contributed by atoms with E-state index in [1.165, 1.54) is 12.8 Å². The molecule has 0 fully saturated rings. The summed E-state index contributed by atoms with van der Waals surface area (Å²) in [5.41, 5.74) is 0. The van der Waals surface area contributed by atoms with Gasteiger partial charge in [0, 0.05) is 6.42 Å². The van der Waals surface area contributed by atoms with E-state index in [4.69, 9.17) is 4.89 Å². The second-order valence-corrected chi connectivity index (χ2v) is 4.61. The number of carbonyl (C=O) groups excluding carboxylic acids is 1. The lowest BCUT2D eigenvalue weighted by molar-refractivity contribution is -0.299. The average Bonchev–Trinajstić information content (AvgIpc) is 2.27. The smallest absolute Gasteiger partial charge is 0.298 e. The van der Waals surface area contributed by atoms with Gasteiger partial charge in [0.25, 0.3) is 0 Å². The Kier molecular flexibility index (Phi) is 9.30. The van der Waals surface area contributed by atoms with Gasteiger partial charge in [-0.3, -0.25) is 4.89 Å². The molecule has 1 atom stereocenters. The highest BCUT2D eigenvalue weighted by molar-refractivity contribution is 5.68. The molecule has 0 aromatic rings. The van der Waals surface area contributed by atoms with Crippen LogP contribution in [0.3, 0.4) is 0 Å². The van der Waals surface area contributed by atoms with E-state index < -0.39 is 0 Å². The van der Waals surface area contributed by atoms with Gasteiger partial charge in [0.05, 0.1) is 0 Å². The highest BCUT2D eigenvalue weighted by Gasteiger charge is 2.10. The summed E-state index contributed by atoms with van der Waals surface area (Å²) in [4.78, 5) is 20.7. The van der Waals surface area contributed by atoms with Gasteiger partial charge in [-0.15, -0.1) is 0 Å². The van der Waals surface area contributed by atoms with E-state index >= 15 is 0 Å². The second-order valence-electron chi connectivity index (χ2n) is 4.61. The van der Waals surface area contributed by atoms with Gasteiger partial charge in [0.2, 0.25) is 0 Å². The van der Waals surface area contributed by atoms with Crippen LogP contribution in [0.5, 0.6) is 0 Å². The third kappa shape index (κ3) is 8.72. The van der Waals surface area contributed by atoms with Crippen LogP contribution in [0.1, 0.15) is 66.2 Å². The fraction of sp³-hybridized carbons (Fsp3) is 0.923. The minimum Gasteiger partial charge on any atom is -0.298 e. The average molecular weight is 230 g/mol. The topological polar surface area (TPSA) is 35.5 Å². The van der Waals surface area contributed by atoms with Crippen LogP contribution in [0, 0.1) is 5.92 Å². The summed E-state index contributed by atoms with van der Waals surface area (Å²) in [5, 5.41) is 0. The molecule has 3 nitrogen and oxygen atoms in total. The molecule has 0 spiro atoms. The third-order valence-corrected chi connectivity index (χ3v) is 2.58. The Morgan fingerprint density at radius 3 is 2.25 bits per heavy atom. The molecule has 0 amide bonds. The molecule has 3 heteroatoms. The Morgan fingerprint density at radius 2 is 1.75 bits per heavy atom. The lowest BCUT2D eigenvalue weighted by Crippen LogP contribution is -2.15. The van der Waals surface area contributed by atoms with E-state index in [1.807, 2.05) is 6.92 Å². The molecule has 1 unspecified atom stereocenters. The Bertz CT molecular complexity index is 178. The van der Waals surface area contributed by atoms with Crippen molar-refractivity contribution < 1.29 is 14.6 Å². The first kappa shape index (κ1) is 15.4. The molecule has 96 valence electrons. The van der Waals surface area contributed by atoms with Crippen molar-refractivity contribution in [2.24, 2.45) is 5.92 Å². The molecular weight excluding hydrogens is 204 g/mol. The molecule has 0 aliphatic carbocycles. The van der Waals surface area contributed by atoms with Gasteiger partial charge in [-0.05, 0) is 18.8 Å². The van der Waals surface area contributed by atoms with Crippen LogP contribution in [0.15, 0.2) is 0 Å². The van der Waals surface area contributed by atoms with Gasteiger partial charge < -0.3 is 0 Å². The molecule has 0 radical (unpaired) electrons. The van der Waals surface area contributed by atoms with Crippen molar-refractivity contribution >= 4 is 5.97 Å². The number of unbranched alkanes of at least 4 members (excludes halogenated alkanes) is 1. The first-order valence-corrected chi connectivity index (χ1v) is 6.46. The van der Waals surface area contributed by atoms with Crippen LogP contribution in [-0.2, 0) is 14.6 Å². The van der Waals surface area contributed by atoms with Gasteiger partial charge in [0.1, 0.15) is 6.10 Å². The monoisotopic (exact) mass is 230 g/mol. The number of rotatable bonds is 9. The summed E-state index contributed by atoms with van der Waals surface area (Å²) in [6.07, 6.45) is 5.90. The summed E-state index contributed by atoms with van der Waals surface area (Å²) < 4.78 is 0. The van der Waals surface area contributed by atoms with Crippen LogP contribution < -0.4 is 0 Å². The molecule has 0 heterocycles. The molecule has 0 aliphatic heterocycles. The Labute approximate surface area is 99.4 Å². The van der Waals surface area contributed by atoms with Gasteiger partial charge >= 0.3 is 5.97 Å². The van der Waals surface area contributed by atoms with Crippen LogP contribution in [0.25, 0.3) is 0 Å². The van der Waals surface area contributed by atoms with Crippen molar-refractivity contribution in [3.8, 4) is 0 Å². The van der Waals surface area contributed by atoms with Gasteiger partial charge in [0.15, 0.2) is 0 Å². The van der Waals surface area contributed by atoms with E-state index in [9.17, 15) is 4.79 Å². The van der Waals surface area contributed by atoms with E-state index in [-0.39, 0.29) is 12.1 Å². The fourth-order valence-electron chi connectivity index (χ4n) is 1.43. The molecule has 16 heavy (non-hydrogen) atoms. The van der Waals surface area contributed by atoms with Crippen LogP contribution in [0.4, 0.5) is 0 Å². The van der Waals surface area contributed by atoms with Crippen LogP contribution >= 0.6 is 0 Å². The lowest BCUT2D eigenvalue weighted by Gasteiger charge is -2.14. The van der Waals surface area contributed by atoms with Crippen molar-refractivity contribution in [1.82, 2.24) is 0 Å². The molecule has 0 rings (SSSR count). The largest absolute Gasteiger partial charge is 0.342 e. The zero-order valence-electron chi connectivity index (χ0n) is 11.1. The molecule has 0 aliphatic rings. The Hall–Kier alpha value is -0.570. The lowest BCUT2D eigenvalue weighted by atomic mass is 10.0. The second kappa shape index (κ2) is 9.64. The summed E-state index contributed by atoms with van der Waals surface area (Å²) in [7, 11) is 0. The Balaban J connectivity index is 3.55. The normalized spacial score (nSPS) is 12.8. The summed E-state index contributed by atoms with van der Waals surface area (Å²) >= 11 is 0. The third-order valence-electron chi connectivity index (χ3n) is 2.58. The molecule has 0 aromatic heterocycles. The summed E-state index contributed by atoms with van der Waals surface area (Å²) in [6, 6.07) is 0. The van der Waals surface area contributed by atoms with Crippen molar-refractivity contribution in [2.45, 2.75) is 72.3 Å². The predicted octanol–water partition coefficient (Wildman–Crippen LogP) is 3.87. The van der Waals surface area contributed by atoms with E-state index in [0.29, 0.717) is 6.42 Å². The number of hydrogen-bond donors (Lipinski definition) is 0. The standard InChI is InChI=1S/C13H26O3/c1-5-12(15-16-13(14)6-2)10-8-7-9-11(3)4/h11-12H,5-10H2,1-4H3. The molecule has 0 saturated heterocycles. The van der Waals surface area contributed by atoms with E-state index in [1.54, 1.807) is 6.92 Å². The van der Waals surface area contributed by atoms with Gasteiger partial charge in [-0.2, -0.15) is 4.89 Å². The van der Waals surface area contributed by atoms with E-state index in [2.05, 4.69) is 18.7 Å². The zero-order chi connectivity index (χ0) is 12.4. The van der Waals surface area contributed by atoms with Crippen LogP contribution in [0.2, 0.25) is 0 Å². The van der Waals surface area contributed by atoms with Gasteiger partial charge in [-0.25, -0.2) is 4.79 Å². The molecular formula is C13H26O3. The first-order chi connectivity index (χ1) is 7.60. The van der Waals surface area contributed by atoms with Gasteiger partial charge in [-0.1, -0.05) is 47.0 Å². The SMILES string of the molecule is CCC(=O)OOC(CC)CCCCC(C)C. The van der Waals surface area contributed by atoms with Crippen molar-refractivity contribution in [1.29, 1.82) is 0 Å². The predicted molar refractivity (Wildman–Crippen MR) is 64.9 cm³/mol. The summed E-state index contributed by atoms with van der Waals surface area (Å²) in [5.74, 6) is 0.472. The minimum absolute atomic E-state index is 0.0580. The summed E-state index contributed by atoms with van der Waals surface area (Å²) in [6.45, 7) is 8.27. The minimum atomic E-state index is -0.291. The molecule has 0 bridgehead atoms. The maximum atomic E-state index is 10.9.